The molecular weight excluding hydrogens is 499 g/mol. The van der Waals surface area contributed by atoms with Crippen LogP contribution in [-0.4, -0.2) is 43.0 Å². The van der Waals surface area contributed by atoms with Crippen LogP contribution in [0.15, 0.2) is 59.1 Å². The normalized spacial score (nSPS) is 13.9. The van der Waals surface area contributed by atoms with Gasteiger partial charge in [0.1, 0.15) is 12.7 Å². The first kappa shape index (κ1) is 25.2. The zero-order valence-corrected chi connectivity index (χ0v) is 18.5. The second-order valence-corrected chi connectivity index (χ2v) is 7.45. The summed E-state index contributed by atoms with van der Waals surface area (Å²) in [6.07, 6.45) is -9.15. The molecule has 172 valence electrons. The third-order valence-electron chi connectivity index (χ3n) is 4.44. The molecule has 0 saturated heterocycles. The highest BCUT2D eigenvalue weighted by Crippen LogP contribution is 2.36. The van der Waals surface area contributed by atoms with Crippen molar-refractivity contribution in [2.24, 2.45) is 0 Å². The van der Waals surface area contributed by atoms with Crippen molar-refractivity contribution in [3.8, 4) is 0 Å². The summed E-state index contributed by atoms with van der Waals surface area (Å²) < 4.78 is 57.0. The number of carbonyl (C=O) groups excluding carboxylic acids is 3. The third-order valence-corrected chi connectivity index (χ3v) is 4.97. The number of carbonyl (C=O) groups is 3. The number of halogens is 4. The fraction of sp³-hybridized carbons (Fsp3) is 0.286. The maximum Gasteiger partial charge on any atom is 0.426 e. The summed E-state index contributed by atoms with van der Waals surface area (Å²) in [5.41, 5.74) is -3.26. The van der Waals surface area contributed by atoms with Crippen molar-refractivity contribution in [3.63, 3.8) is 0 Å². The van der Waals surface area contributed by atoms with E-state index in [0.29, 0.717) is 17.1 Å². The van der Waals surface area contributed by atoms with Crippen LogP contribution in [0.1, 0.15) is 22.8 Å². The molecule has 0 aliphatic rings. The molecule has 2 rings (SSSR count). The Morgan fingerprint density at radius 2 is 1.62 bits per heavy atom. The highest BCUT2D eigenvalue weighted by Gasteiger charge is 2.68. The Balaban J connectivity index is 2.28. The Kier molecular flexibility index (Phi) is 8.25. The van der Waals surface area contributed by atoms with Gasteiger partial charge in [0.15, 0.2) is 0 Å². The van der Waals surface area contributed by atoms with Crippen molar-refractivity contribution in [2.45, 2.75) is 31.3 Å². The monoisotopic (exact) mass is 517 g/mol. The first-order valence-electron chi connectivity index (χ1n) is 9.11. The molecule has 2 aromatic rings. The zero-order valence-electron chi connectivity index (χ0n) is 16.9. The molecule has 0 heterocycles. The Morgan fingerprint density at radius 1 is 1.03 bits per heavy atom. The van der Waals surface area contributed by atoms with Crippen LogP contribution in [0.25, 0.3) is 0 Å². The van der Waals surface area contributed by atoms with Gasteiger partial charge in [0.25, 0.3) is 5.54 Å². The molecular formula is C21H19BrF3NO6. The van der Waals surface area contributed by atoms with Crippen LogP contribution in [-0.2, 0) is 25.6 Å². The molecule has 2 aromatic carbocycles. The number of hydrogen-bond donors (Lipinski definition) is 1. The fourth-order valence-electron chi connectivity index (χ4n) is 2.72. The highest BCUT2D eigenvalue weighted by atomic mass is 79.9. The van der Waals surface area contributed by atoms with E-state index < -0.39 is 35.9 Å². The Bertz CT molecular complexity index is 952. The number of alkyl halides is 3. The number of hydrogen-bond acceptors (Lipinski definition) is 6. The van der Waals surface area contributed by atoms with E-state index in [0.717, 1.165) is 6.92 Å². The number of alkyl carbamates (subject to hydrolysis) is 1. The van der Waals surface area contributed by atoms with Crippen molar-refractivity contribution in [1.82, 2.24) is 5.32 Å². The van der Waals surface area contributed by atoms with Gasteiger partial charge in [-0.3, -0.25) is 5.32 Å². The average Bonchev–Trinajstić information content (AvgIpc) is 2.75. The van der Waals surface area contributed by atoms with Gasteiger partial charge in [0.2, 0.25) is 0 Å². The first-order chi connectivity index (χ1) is 15.0. The van der Waals surface area contributed by atoms with Crippen molar-refractivity contribution in [1.29, 1.82) is 0 Å². The average molecular weight is 518 g/mol. The summed E-state index contributed by atoms with van der Waals surface area (Å²) in [4.78, 5) is 36.8. The summed E-state index contributed by atoms with van der Waals surface area (Å²) in [6.45, 7) is 0.466. The summed E-state index contributed by atoms with van der Waals surface area (Å²) in [6, 6.07) is 13.8. The van der Waals surface area contributed by atoms with Gasteiger partial charge >= 0.3 is 24.2 Å². The van der Waals surface area contributed by atoms with E-state index >= 15 is 0 Å². The predicted octanol–water partition coefficient (Wildman–Crippen LogP) is 4.39. The number of benzene rings is 2. The largest absolute Gasteiger partial charge is 0.467 e. The molecule has 0 unspecified atom stereocenters. The molecule has 0 aliphatic heterocycles. The lowest BCUT2D eigenvalue weighted by Crippen LogP contribution is -2.70. The number of methoxy groups -OCH3 is 1. The Hall–Kier alpha value is -3.08. The number of rotatable bonds is 7. The number of amides is 1. The van der Waals surface area contributed by atoms with Gasteiger partial charge < -0.3 is 14.2 Å². The molecule has 0 aromatic heterocycles. The van der Waals surface area contributed by atoms with E-state index in [1.54, 1.807) is 30.3 Å². The van der Waals surface area contributed by atoms with Crippen molar-refractivity contribution in [2.75, 3.05) is 7.11 Å². The van der Waals surface area contributed by atoms with Crippen LogP contribution in [0.3, 0.4) is 0 Å². The SMILES string of the molecule is COC(=O)[C@](NC(=O)OCc1ccccc1)([C@H](C)OC(=O)c1ccc(Br)cc1)C(F)(F)F. The molecule has 0 bridgehead atoms. The lowest BCUT2D eigenvalue weighted by molar-refractivity contribution is -0.228. The van der Waals surface area contributed by atoms with Gasteiger partial charge in [-0.05, 0) is 36.8 Å². The number of ether oxygens (including phenoxy) is 3. The summed E-state index contributed by atoms with van der Waals surface area (Å²) in [7, 11) is 0.711. The van der Waals surface area contributed by atoms with E-state index in [1.165, 1.54) is 29.6 Å². The van der Waals surface area contributed by atoms with Gasteiger partial charge in [-0.15, -0.1) is 0 Å². The standard InChI is InChI=1S/C21H19BrF3NO6/c1-13(32-17(27)15-8-10-16(22)11-9-15)20(18(28)30-2,21(23,24)25)26-19(29)31-12-14-6-4-3-5-7-14/h3-11,13H,12H2,1-2H3,(H,26,29)/t13-,20+/m0/s1. The van der Waals surface area contributed by atoms with E-state index in [2.05, 4.69) is 20.7 Å². The van der Waals surface area contributed by atoms with Crippen LogP contribution in [0.4, 0.5) is 18.0 Å². The molecule has 11 heteroatoms. The second kappa shape index (κ2) is 10.5. The van der Waals surface area contributed by atoms with Crippen LogP contribution in [0, 0.1) is 0 Å². The maximum atomic E-state index is 14.1. The van der Waals surface area contributed by atoms with Gasteiger partial charge in [-0.1, -0.05) is 46.3 Å². The predicted molar refractivity (Wildman–Crippen MR) is 110 cm³/mol. The van der Waals surface area contributed by atoms with Gasteiger partial charge in [-0.25, -0.2) is 14.4 Å². The molecule has 0 spiro atoms. The lowest BCUT2D eigenvalue weighted by atomic mass is 9.92. The minimum Gasteiger partial charge on any atom is -0.467 e. The molecule has 2 atom stereocenters. The molecule has 0 radical (unpaired) electrons. The first-order valence-corrected chi connectivity index (χ1v) is 9.91. The van der Waals surface area contributed by atoms with Crippen LogP contribution < -0.4 is 5.32 Å². The smallest absolute Gasteiger partial charge is 0.426 e. The van der Waals surface area contributed by atoms with Crippen molar-refractivity contribution >= 4 is 34.0 Å². The topological polar surface area (TPSA) is 90.9 Å². The quantitative estimate of drug-likeness (QED) is 0.432. The highest BCUT2D eigenvalue weighted by molar-refractivity contribution is 9.10. The summed E-state index contributed by atoms with van der Waals surface area (Å²) in [5, 5.41) is 1.51. The number of nitrogens with one attached hydrogen (secondary N) is 1. The van der Waals surface area contributed by atoms with Crippen molar-refractivity contribution < 1.29 is 41.8 Å². The van der Waals surface area contributed by atoms with Crippen LogP contribution >= 0.6 is 15.9 Å². The van der Waals surface area contributed by atoms with Crippen LogP contribution in [0.5, 0.6) is 0 Å². The van der Waals surface area contributed by atoms with E-state index in [-0.39, 0.29) is 12.2 Å². The lowest BCUT2D eigenvalue weighted by Gasteiger charge is -2.37. The molecule has 1 N–H and O–H groups in total. The van der Waals surface area contributed by atoms with Crippen molar-refractivity contribution in [3.05, 3.63) is 70.2 Å². The summed E-state index contributed by atoms with van der Waals surface area (Å²) >= 11 is 3.17. The Labute approximate surface area is 190 Å². The second-order valence-electron chi connectivity index (χ2n) is 6.54. The molecule has 0 saturated carbocycles. The summed E-state index contributed by atoms with van der Waals surface area (Å²) in [5.74, 6) is -3.01. The molecule has 1 amide bonds. The third kappa shape index (κ3) is 5.78. The zero-order chi connectivity index (χ0) is 23.9. The molecule has 7 nitrogen and oxygen atoms in total. The van der Waals surface area contributed by atoms with Gasteiger partial charge in [-0.2, -0.15) is 13.2 Å². The minimum absolute atomic E-state index is 0.0624. The maximum absolute atomic E-state index is 14.1. The molecule has 0 fully saturated rings. The number of esters is 2. The molecule has 32 heavy (non-hydrogen) atoms. The van der Waals surface area contributed by atoms with Gasteiger partial charge in [0.05, 0.1) is 12.7 Å². The van der Waals surface area contributed by atoms with E-state index in [1.807, 2.05) is 0 Å². The van der Waals surface area contributed by atoms with E-state index in [4.69, 9.17) is 9.47 Å². The molecule has 0 aliphatic carbocycles. The van der Waals surface area contributed by atoms with Crippen LogP contribution in [0.2, 0.25) is 0 Å². The van der Waals surface area contributed by atoms with Gasteiger partial charge in [0, 0.05) is 4.47 Å². The van der Waals surface area contributed by atoms with E-state index in [9.17, 15) is 27.6 Å². The minimum atomic E-state index is -5.40. The Morgan fingerprint density at radius 3 is 2.16 bits per heavy atom. The fourth-order valence-corrected chi connectivity index (χ4v) is 2.98.